The van der Waals surface area contributed by atoms with Gasteiger partial charge in [0.2, 0.25) is 5.89 Å². The van der Waals surface area contributed by atoms with Crippen LogP contribution < -0.4 is 4.74 Å². The van der Waals surface area contributed by atoms with Gasteiger partial charge in [0.1, 0.15) is 5.75 Å². The highest BCUT2D eigenvalue weighted by Crippen LogP contribution is 2.33. The van der Waals surface area contributed by atoms with Gasteiger partial charge in [-0.05, 0) is 25.1 Å². The molecule has 0 aliphatic carbocycles. The Morgan fingerprint density at radius 1 is 1.42 bits per heavy atom. The molecule has 0 spiro atoms. The molecule has 0 amide bonds. The van der Waals surface area contributed by atoms with Crippen LogP contribution in [0.4, 0.5) is 0 Å². The van der Waals surface area contributed by atoms with Crippen LogP contribution in [0.1, 0.15) is 18.9 Å². The Kier molecular flexibility index (Phi) is 4.98. The van der Waals surface area contributed by atoms with Crippen LogP contribution in [-0.4, -0.2) is 47.2 Å². The van der Waals surface area contributed by atoms with Crippen LogP contribution in [-0.2, 0) is 14.3 Å². The van der Waals surface area contributed by atoms with Crippen LogP contribution >= 0.6 is 11.6 Å². The van der Waals surface area contributed by atoms with Gasteiger partial charge < -0.3 is 23.7 Å². The maximum Gasteiger partial charge on any atom is 0.335 e. The predicted octanol–water partition coefficient (Wildman–Crippen LogP) is 2.33. The summed E-state index contributed by atoms with van der Waals surface area (Å²) in [6.07, 6.45) is -1.81. The lowest BCUT2D eigenvalue weighted by molar-refractivity contribution is -0.182. The Bertz CT molecular complexity index is 735. The summed E-state index contributed by atoms with van der Waals surface area (Å²) in [6.45, 7) is 2.45. The summed E-state index contributed by atoms with van der Waals surface area (Å²) >= 11 is 6.02. The van der Waals surface area contributed by atoms with Crippen LogP contribution in [0.2, 0.25) is 5.02 Å². The summed E-state index contributed by atoms with van der Waals surface area (Å²) in [6, 6.07) is 5.07. The van der Waals surface area contributed by atoms with Gasteiger partial charge in [-0.3, -0.25) is 0 Å². The fourth-order valence-corrected chi connectivity index (χ4v) is 2.41. The number of aromatic nitrogens is 2. The molecule has 2 aromatic rings. The number of carbonyl (C=O) groups is 1. The Morgan fingerprint density at radius 3 is 3.00 bits per heavy atom. The highest BCUT2D eigenvalue weighted by atomic mass is 35.5. The zero-order valence-electron chi connectivity index (χ0n) is 12.8. The number of aliphatic carboxylic acids is 1. The number of carboxylic acid groups (broad SMARTS) is 1. The molecule has 9 heteroatoms. The third kappa shape index (κ3) is 3.50. The third-order valence-corrected chi connectivity index (χ3v) is 3.57. The standard InChI is InChI=1S/C15H15ClN2O6/c1-2-22-10-4-3-8(16)5-9(10)13-17-18-14(24-13)11-6-21-7-12(23-11)15(19)20/h3-5,11-12H,2,6-7H2,1H3,(H,19,20)/t11-,12+/m1/s1. The molecule has 1 aromatic carbocycles. The average Bonchev–Trinajstić information content (AvgIpc) is 3.06. The summed E-state index contributed by atoms with van der Waals surface area (Å²) in [7, 11) is 0. The normalized spacial score (nSPS) is 20.8. The minimum atomic E-state index is -1.10. The monoisotopic (exact) mass is 354 g/mol. The summed E-state index contributed by atoms with van der Waals surface area (Å²) in [5.74, 6) is -0.204. The number of nitrogens with zero attached hydrogens (tertiary/aromatic N) is 2. The van der Waals surface area contributed by atoms with Gasteiger partial charge in [-0.15, -0.1) is 10.2 Å². The molecule has 0 saturated carbocycles. The molecule has 0 bridgehead atoms. The molecule has 1 aliphatic rings. The lowest BCUT2D eigenvalue weighted by Crippen LogP contribution is -2.37. The molecule has 24 heavy (non-hydrogen) atoms. The molecule has 1 N–H and O–H groups in total. The lowest BCUT2D eigenvalue weighted by Gasteiger charge is -2.25. The first-order valence-electron chi connectivity index (χ1n) is 7.30. The molecule has 0 radical (unpaired) electrons. The van der Waals surface area contributed by atoms with Crippen LogP contribution in [0, 0.1) is 0 Å². The quantitative estimate of drug-likeness (QED) is 0.872. The average molecular weight is 355 g/mol. The maximum atomic E-state index is 11.0. The predicted molar refractivity (Wildman–Crippen MR) is 82.0 cm³/mol. The third-order valence-electron chi connectivity index (χ3n) is 3.33. The number of carboxylic acids is 1. The molecule has 1 saturated heterocycles. The van der Waals surface area contributed by atoms with E-state index in [1.807, 2.05) is 6.92 Å². The lowest BCUT2D eigenvalue weighted by atomic mass is 10.2. The molecule has 0 unspecified atom stereocenters. The number of hydrogen-bond donors (Lipinski definition) is 1. The second-order valence-electron chi connectivity index (χ2n) is 5.01. The van der Waals surface area contributed by atoms with Crippen molar-refractivity contribution in [3.8, 4) is 17.2 Å². The van der Waals surface area contributed by atoms with Crippen molar-refractivity contribution in [3.63, 3.8) is 0 Å². The maximum absolute atomic E-state index is 11.0. The smallest absolute Gasteiger partial charge is 0.335 e. The van der Waals surface area contributed by atoms with Crippen molar-refractivity contribution in [2.24, 2.45) is 0 Å². The zero-order chi connectivity index (χ0) is 17.1. The zero-order valence-corrected chi connectivity index (χ0v) is 13.5. The van der Waals surface area contributed by atoms with Crippen molar-refractivity contribution in [1.29, 1.82) is 0 Å². The Morgan fingerprint density at radius 2 is 2.25 bits per heavy atom. The van der Waals surface area contributed by atoms with Gasteiger partial charge in [0, 0.05) is 5.02 Å². The van der Waals surface area contributed by atoms with E-state index in [1.54, 1.807) is 18.2 Å². The second-order valence-corrected chi connectivity index (χ2v) is 5.44. The van der Waals surface area contributed by atoms with E-state index < -0.39 is 18.2 Å². The molecule has 128 valence electrons. The Balaban J connectivity index is 1.86. The summed E-state index contributed by atoms with van der Waals surface area (Å²) in [4.78, 5) is 11.0. The largest absolute Gasteiger partial charge is 0.493 e. The first-order valence-corrected chi connectivity index (χ1v) is 7.68. The van der Waals surface area contributed by atoms with Crippen LogP contribution in [0.5, 0.6) is 5.75 Å². The highest BCUT2D eigenvalue weighted by Gasteiger charge is 2.32. The van der Waals surface area contributed by atoms with E-state index in [1.165, 1.54) is 0 Å². The van der Waals surface area contributed by atoms with Crippen molar-refractivity contribution in [3.05, 3.63) is 29.1 Å². The second kappa shape index (κ2) is 7.16. The van der Waals surface area contributed by atoms with E-state index in [-0.39, 0.29) is 25.0 Å². The van der Waals surface area contributed by atoms with Gasteiger partial charge in [-0.2, -0.15) is 0 Å². The minimum Gasteiger partial charge on any atom is -0.493 e. The number of ether oxygens (including phenoxy) is 3. The van der Waals surface area contributed by atoms with E-state index in [4.69, 9.17) is 35.3 Å². The van der Waals surface area contributed by atoms with Gasteiger partial charge >= 0.3 is 5.97 Å². The summed E-state index contributed by atoms with van der Waals surface area (Å²) in [5.41, 5.74) is 0.551. The van der Waals surface area contributed by atoms with Gasteiger partial charge in [-0.1, -0.05) is 11.6 Å². The molecule has 8 nitrogen and oxygen atoms in total. The van der Waals surface area contributed by atoms with Crippen molar-refractivity contribution in [2.45, 2.75) is 19.1 Å². The minimum absolute atomic E-state index is 0.0182. The molecule has 3 rings (SSSR count). The molecular weight excluding hydrogens is 340 g/mol. The Hall–Kier alpha value is -2.16. The van der Waals surface area contributed by atoms with Crippen LogP contribution in [0.3, 0.4) is 0 Å². The van der Waals surface area contributed by atoms with Gasteiger partial charge in [0.05, 0.1) is 25.4 Å². The van der Waals surface area contributed by atoms with Crippen LogP contribution in [0.25, 0.3) is 11.5 Å². The van der Waals surface area contributed by atoms with Crippen molar-refractivity contribution >= 4 is 17.6 Å². The first-order chi connectivity index (χ1) is 11.6. The fraction of sp³-hybridized carbons (Fsp3) is 0.400. The fourth-order valence-electron chi connectivity index (χ4n) is 2.24. The van der Waals surface area contributed by atoms with E-state index >= 15 is 0 Å². The Labute approximate surface area is 142 Å². The highest BCUT2D eigenvalue weighted by molar-refractivity contribution is 6.30. The van der Waals surface area contributed by atoms with E-state index in [2.05, 4.69) is 10.2 Å². The van der Waals surface area contributed by atoms with E-state index in [9.17, 15) is 4.79 Å². The molecule has 1 aromatic heterocycles. The van der Waals surface area contributed by atoms with E-state index in [0.29, 0.717) is 22.9 Å². The van der Waals surface area contributed by atoms with Gasteiger partial charge in [0.25, 0.3) is 5.89 Å². The number of benzene rings is 1. The van der Waals surface area contributed by atoms with Gasteiger partial charge in [0.15, 0.2) is 12.2 Å². The summed E-state index contributed by atoms with van der Waals surface area (Å²) in [5, 5.41) is 17.4. The summed E-state index contributed by atoms with van der Waals surface area (Å²) < 4.78 is 21.8. The molecule has 2 atom stereocenters. The van der Waals surface area contributed by atoms with Crippen molar-refractivity contribution < 1.29 is 28.5 Å². The van der Waals surface area contributed by atoms with Crippen molar-refractivity contribution in [1.82, 2.24) is 10.2 Å². The molecule has 2 heterocycles. The van der Waals surface area contributed by atoms with E-state index in [0.717, 1.165) is 0 Å². The number of halogens is 1. The van der Waals surface area contributed by atoms with Gasteiger partial charge in [-0.25, -0.2) is 4.79 Å². The van der Waals surface area contributed by atoms with Crippen LogP contribution in [0.15, 0.2) is 22.6 Å². The molecule has 1 aliphatic heterocycles. The topological polar surface area (TPSA) is 104 Å². The first kappa shape index (κ1) is 16.7. The molecule has 1 fully saturated rings. The van der Waals surface area contributed by atoms with Crippen molar-refractivity contribution in [2.75, 3.05) is 19.8 Å². The number of rotatable bonds is 5. The molecular formula is C15H15ClN2O6. The number of hydrogen-bond acceptors (Lipinski definition) is 7. The SMILES string of the molecule is CCOc1ccc(Cl)cc1-c1nnc([C@H]2COC[C@@H](C(=O)O)O2)o1.